The lowest BCUT2D eigenvalue weighted by Gasteiger charge is -2.38. The number of hydrogen-bond acceptors (Lipinski definition) is 6. The molecule has 1 aliphatic heterocycles. The van der Waals surface area contributed by atoms with E-state index in [0.717, 1.165) is 18.8 Å². The van der Waals surface area contributed by atoms with Crippen LogP contribution in [-0.4, -0.2) is 54.6 Å². The highest BCUT2D eigenvalue weighted by molar-refractivity contribution is 5.96. The van der Waals surface area contributed by atoms with E-state index in [0.29, 0.717) is 18.8 Å². The highest BCUT2D eigenvalue weighted by Gasteiger charge is 2.29. The van der Waals surface area contributed by atoms with Gasteiger partial charge in [0.25, 0.3) is 0 Å². The van der Waals surface area contributed by atoms with Gasteiger partial charge in [0.05, 0.1) is 18.4 Å². The Bertz CT molecular complexity index is 988. The van der Waals surface area contributed by atoms with Crippen molar-refractivity contribution in [1.29, 1.82) is 5.26 Å². The van der Waals surface area contributed by atoms with E-state index in [1.54, 1.807) is 4.57 Å². The number of hydrogen-bond donors (Lipinski definition) is 1. The van der Waals surface area contributed by atoms with Gasteiger partial charge in [-0.3, -0.25) is 4.79 Å². The largest absolute Gasteiger partial charge is 0.464 e. The zero-order valence-corrected chi connectivity index (χ0v) is 17.8. The molecule has 0 bridgehead atoms. The number of amides is 1. The molecule has 0 spiro atoms. The summed E-state index contributed by atoms with van der Waals surface area (Å²) < 4.78 is 6.39. The van der Waals surface area contributed by atoms with Crippen molar-refractivity contribution in [2.75, 3.05) is 43.9 Å². The van der Waals surface area contributed by atoms with Crippen molar-refractivity contribution in [2.24, 2.45) is 5.41 Å². The molecule has 0 radical (unpaired) electrons. The normalized spacial score (nSPS) is 14.4. The number of nitrogens with two attached hydrogens (primary N) is 1. The number of nitrogens with zero attached hydrogens (tertiary/aromatic N) is 4. The minimum atomic E-state index is -0.599. The van der Waals surface area contributed by atoms with Crippen LogP contribution in [0.1, 0.15) is 36.8 Å². The zero-order chi connectivity index (χ0) is 22.1. The average Bonchev–Trinajstić information content (AvgIpc) is 3.08. The number of ether oxygens (including phenoxy) is 1. The molecule has 8 nitrogen and oxygen atoms in total. The summed E-state index contributed by atoms with van der Waals surface area (Å²) in [4.78, 5) is 28.8. The number of anilines is 2. The smallest absolute Gasteiger partial charge is 0.357 e. The van der Waals surface area contributed by atoms with Crippen LogP contribution in [0, 0.1) is 16.7 Å². The Morgan fingerprint density at radius 3 is 2.13 bits per heavy atom. The van der Waals surface area contributed by atoms with Crippen molar-refractivity contribution in [3.05, 3.63) is 41.7 Å². The number of carbonyl (C=O) groups excluding carboxylic acids is 2. The fourth-order valence-electron chi connectivity index (χ4n) is 3.58. The van der Waals surface area contributed by atoms with Gasteiger partial charge < -0.3 is 24.8 Å². The van der Waals surface area contributed by atoms with Crippen molar-refractivity contribution in [3.63, 3.8) is 0 Å². The number of nitriles is 1. The monoisotopic (exact) mass is 409 g/mol. The molecule has 1 aliphatic rings. The minimum Gasteiger partial charge on any atom is -0.464 e. The van der Waals surface area contributed by atoms with Gasteiger partial charge in [-0.15, -0.1) is 0 Å². The lowest BCUT2D eigenvalue weighted by Crippen LogP contribution is -2.51. The molecule has 1 aromatic heterocycles. The molecule has 158 valence electrons. The number of piperazine rings is 1. The van der Waals surface area contributed by atoms with Crippen molar-refractivity contribution in [2.45, 2.75) is 20.8 Å². The Balaban J connectivity index is 1.78. The first-order valence-corrected chi connectivity index (χ1v) is 9.81. The number of esters is 1. The lowest BCUT2D eigenvalue weighted by molar-refractivity contribution is -0.139. The van der Waals surface area contributed by atoms with E-state index >= 15 is 0 Å². The zero-order valence-electron chi connectivity index (χ0n) is 17.8. The highest BCUT2D eigenvalue weighted by Crippen LogP contribution is 2.27. The molecule has 2 N–H and O–H groups in total. The van der Waals surface area contributed by atoms with Crippen LogP contribution in [0.15, 0.2) is 30.5 Å². The van der Waals surface area contributed by atoms with Crippen LogP contribution in [0.5, 0.6) is 0 Å². The molecule has 2 aromatic rings. The van der Waals surface area contributed by atoms with E-state index < -0.39 is 5.97 Å². The van der Waals surface area contributed by atoms with Crippen LogP contribution in [0.25, 0.3) is 5.69 Å². The molecule has 8 heteroatoms. The quantitative estimate of drug-likeness (QED) is 0.781. The number of methoxy groups -OCH3 is 1. The Hall–Kier alpha value is -3.47. The fraction of sp³-hybridized carbons (Fsp3) is 0.409. The topological polar surface area (TPSA) is 105 Å². The van der Waals surface area contributed by atoms with Gasteiger partial charge in [-0.05, 0) is 24.3 Å². The predicted octanol–water partition coefficient (Wildman–Crippen LogP) is 2.41. The van der Waals surface area contributed by atoms with Crippen LogP contribution in [-0.2, 0) is 9.53 Å². The van der Waals surface area contributed by atoms with Crippen molar-refractivity contribution in [3.8, 4) is 11.8 Å². The summed E-state index contributed by atoms with van der Waals surface area (Å²) in [5.41, 5.74) is 7.78. The van der Waals surface area contributed by atoms with Gasteiger partial charge in [0.15, 0.2) is 5.69 Å². The first kappa shape index (κ1) is 21.2. The lowest BCUT2D eigenvalue weighted by atomic mass is 9.94. The molecule has 0 saturated carbocycles. The summed E-state index contributed by atoms with van der Waals surface area (Å²) in [7, 11) is 1.28. The second kappa shape index (κ2) is 8.11. The standard InChI is InChI=1S/C22H27N5O3/c1-22(2,3)21(29)26-11-9-25(10-12-26)16-5-7-17(8-6-16)27-14-15(13-23)18(24)19(27)20(28)30-4/h5-8,14H,9-12,24H2,1-4H3. The number of aromatic nitrogens is 1. The summed E-state index contributed by atoms with van der Waals surface area (Å²) >= 11 is 0. The highest BCUT2D eigenvalue weighted by atomic mass is 16.5. The van der Waals surface area contributed by atoms with E-state index in [1.807, 2.05) is 56.0 Å². The third-order valence-electron chi connectivity index (χ3n) is 5.25. The molecule has 30 heavy (non-hydrogen) atoms. The first-order chi connectivity index (χ1) is 14.2. The second-order valence-corrected chi connectivity index (χ2v) is 8.32. The Labute approximate surface area is 176 Å². The third-order valence-corrected chi connectivity index (χ3v) is 5.25. The van der Waals surface area contributed by atoms with Crippen LogP contribution >= 0.6 is 0 Å². The first-order valence-electron chi connectivity index (χ1n) is 9.81. The van der Waals surface area contributed by atoms with Gasteiger partial charge in [-0.25, -0.2) is 4.79 Å². The summed E-state index contributed by atoms with van der Waals surface area (Å²) in [6.07, 6.45) is 1.54. The number of nitrogen functional groups attached to an aromatic ring is 1. The summed E-state index contributed by atoms with van der Waals surface area (Å²) in [6, 6.07) is 9.65. The molecule has 0 unspecified atom stereocenters. The molecular formula is C22H27N5O3. The minimum absolute atomic E-state index is 0.105. The van der Waals surface area contributed by atoms with Crippen LogP contribution in [0.3, 0.4) is 0 Å². The van der Waals surface area contributed by atoms with Gasteiger partial charge in [0.2, 0.25) is 5.91 Å². The Morgan fingerprint density at radius 1 is 1.07 bits per heavy atom. The maximum Gasteiger partial charge on any atom is 0.357 e. The second-order valence-electron chi connectivity index (χ2n) is 8.32. The molecule has 2 heterocycles. The van der Waals surface area contributed by atoms with Crippen LogP contribution < -0.4 is 10.6 Å². The SMILES string of the molecule is COC(=O)c1c(N)c(C#N)cn1-c1ccc(N2CCN(C(=O)C(C)(C)C)CC2)cc1. The number of rotatable bonds is 3. The third kappa shape index (κ3) is 3.96. The fourth-order valence-corrected chi connectivity index (χ4v) is 3.58. The van der Waals surface area contributed by atoms with E-state index in [2.05, 4.69) is 4.90 Å². The number of carbonyl (C=O) groups is 2. The molecule has 0 aliphatic carbocycles. The van der Waals surface area contributed by atoms with E-state index in [-0.39, 0.29) is 28.3 Å². The van der Waals surface area contributed by atoms with Gasteiger partial charge in [0.1, 0.15) is 6.07 Å². The molecule has 1 fully saturated rings. The van der Waals surface area contributed by atoms with Gasteiger partial charge >= 0.3 is 5.97 Å². The van der Waals surface area contributed by atoms with Gasteiger partial charge in [0, 0.05) is 49.2 Å². The summed E-state index contributed by atoms with van der Waals surface area (Å²) in [5.74, 6) is -0.427. The van der Waals surface area contributed by atoms with Crippen LogP contribution in [0.4, 0.5) is 11.4 Å². The summed E-state index contributed by atoms with van der Waals surface area (Å²) in [6.45, 7) is 8.69. The van der Waals surface area contributed by atoms with Crippen molar-refractivity contribution in [1.82, 2.24) is 9.47 Å². The van der Waals surface area contributed by atoms with Crippen LogP contribution in [0.2, 0.25) is 0 Å². The van der Waals surface area contributed by atoms with Gasteiger partial charge in [-0.1, -0.05) is 20.8 Å². The van der Waals surface area contributed by atoms with E-state index in [4.69, 9.17) is 10.5 Å². The van der Waals surface area contributed by atoms with Crippen molar-refractivity contribution < 1.29 is 14.3 Å². The molecule has 1 amide bonds. The predicted molar refractivity (Wildman–Crippen MR) is 114 cm³/mol. The number of benzene rings is 1. The van der Waals surface area contributed by atoms with Crippen molar-refractivity contribution >= 4 is 23.3 Å². The van der Waals surface area contributed by atoms with E-state index in [1.165, 1.54) is 13.3 Å². The Morgan fingerprint density at radius 2 is 1.63 bits per heavy atom. The molecule has 0 atom stereocenters. The molecule has 1 saturated heterocycles. The Kier molecular flexibility index (Phi) is 5.74. The average molecular weight is 409 g/mol. The maximum absolute atomic E-state index is 12.5. The molecule has 3 rings (SSSR count). The molecular weight excluding hydrogens is 382 g/mol. The maximum atomic E-state index is 12.5. The molecule has 1 aromatic carbocycles. The van der Waals surface area contributed by atoms with Gasteiger partial charge in [-0.2, -0.15) is 5.26 Å². The summed E-state index contributed by atoms with van der Waals surface area (Å²) in [5, 5.41) is 9.25. The van der Waals surface area contributed by atoms with E-state index in [9.17, 15) is 14.9 Å².